The van der Waals surface area contributed by atoms with Crippen LogP contribution in [-0.2, 0) is 6.42 Å². The molecular formula is C19H24ClNO. The molecule has 0 radical (unpaired) electrons. The highest BCUT2D eigenvalue weighted by Crippen LogP contribution is 2.27. The van der Waals surface area contributed by atoms with Crippen LogP contribution in [0.5, 0.6) is 5.88 Å². The van der Waals surface area contributed by atoms with E-state index in [1.165, 1.54) is 11.1 Å². The fraction of sp³-hybridized carbons (Fsp3) is 0.421. The fourth-order valence-electron chi connectivity index (χ4n) is 2.53. The van der Waals surface area contributed by atoms with Crippen molar-refractivity contribution in [3.63, 3.8) is 0 Å². The first-order valence-corrected chi connectivity index (χ1v) is 8.09. The molecule has 0 bridgehead atoms. The first-order valence-electron chi connectivity index (χ1n) is 7.71. The highest BCUT2D eigenvalue weighted by atomic mass is 35.5. The van der Waals surface area contributed by atoms with Gasteiger partial charge in [-0.05, 0) is 54.0 Å². The smallest absolute Gasteiger partial charge is 0.213 e. The van der Waals surface area contributed by atoms with Gasteiger partial charge in [-0.1, -0.05) is 44.5 Å². The Morgan fingerprint density at radius 2 is 1.82 bits per heavy atom. The van der Waals surface area contributed by atoms with Gasteiger partial charge in [-0.15, -0.1) is 0 Å². The highest BCUT2D eigenvalue weighted by Gasteiger charge is 2.12. The van der Waals surface area contributed by atoms with Gasteiger partial charge in [0.2, 0.25) is 5.88 Å². The molecule has 1 atom stereocenters. The van der Waals surface area contributed by atoms with Crippen LogP contribution in [-0.4, -0.2) is 12.1 Å². The van der Waals surface area contributed by atoms with Crippen molar-refractivity contribution in [1.82, 2.24) is 4.98 Å². The Morgan fingerprint density at radius 1 is 1.09 bits per heavy atom. The second kappa shape index (κ2) is 7.15. The molecule has 22 heavy (non-hydrogen) atoms. The Balaban J connectivity index is 2.25. The molecule has 0 aliphatic rings. The SMILES string of the molecule is COc1cc(C(C)C)cc(CC(C)c2ccc(Cl)c(C)c2)n1. The number of rotatable bonds is 5. The summed E-state index contributed by atoms with van der Waals surface area (Å²) in [6.45, 7) is 8.63. The number of nitrogens with zero attached hydrogens (tertiary/aromatic N) is 1. The molecule has 0 amide bonds. The summed E-state index contributed by atoms with van der Waals surface area (Å²) in [5, 5.41) is 0.817. The van der Waals surface area contributed by atoms with E-state index in [0.29, 0.717) is 17.7 Å². The Hall–Kier alpha value is -1.54. The van der Waals surface area contributed by atoms with Crippen LogP contribution in [0.2, 0.25) is 5.02 Å². The summed E-state index contributed by atoms with van der Waals surface area (Å²) in [7, 11) is 1.67. The fourth-order valence-corrected chi connectivity index (χ4v) is 2.65. The number of methoxy groups -OCH3 is 1. The quantitative estimate of drug-likeness (QED) is 0.724. The number of aromatic nitrogens is 1. The third-order valence-corrected chi connectivity index (χ3v) is 4.44. The summed E-state index contributed by atoms with van der Waals surface area (Å²) in [6.07, 6.45) is 0.887. The van der Waals surface area contributed by atoms with Gasteiger partial charge < -0.3 is 4.74 Å². The predicted molar refractivity (Wildman–Crippen MR) is 93.2 cm³/mol. The van der Waals surface area contributed by atoms with Crippen molar-refractivity contribution >= 4 is 11.6 Å². The van der Waals surface area contributed by atoms with Crippen LogP contribution >= 0.6 is 11.6 Å². The second-order valence-electron chi connectivity index (χ2n) is 6.20. The number of ether oxygens (including phenoxy) is 1. The average Bonchev–Trinajstić information content (AvgIpc) is 2.49. The molecule has 1 unspecified atom stereocenters. The summed E-state index contributed by atoms with van der Waals surface area (Å²) >= 11 is 6.11. The first kappa shape index (κ1) is 16.8. The van der Waals surface area contributed by atoms with Crippen molar-refractivity contribution in [2.24, 2.45) is 0 Å². The molecule has 0 saturated carbocycles. The van der Waals surface area contributed by atoms with Crippen molar-refractivity contribution < 1.29 is 4.74 Å². The minimum absolute atomic E-state index is 0.385. The minimum Gasteiger partial charge on any atom is -0.481 e. The van der Waals surface area contributed by atoms with Crippen LogP contribution < -0.4 is 4.74 Å². The van der Waals surface area contributed by atoms with Gasteiger partial charge in [0.1, 0.15) is 0 Å². The van der Waals surface area contributed by atoms with Gasteiger partial charge in [0.05, 0.1) is 7.11 Å². The number of hydrogen-bond acceptors (Lipinski definition) is 2. The molecule has 3 heteroatoms. The number of benzene rings is 1. The van der Waals surface area contributed by atoms with Crippen molar-refractivity contribution in [2.45, 2.75) is 46.0 Å². The minimum atomic E-state index is 0.385. The maximum Gasteiger partial charge on any atom is 0.213 e. The van der Waals surface area contributed by atoms with E-state index in [1.54, 1.807) is 7.11 Å². The maximum atomic E-state index is 6.11. The van der Waals surface area contributed by atoms with Crippen molar-refractivity contribution in [2.75, 3.05) is 7.11 Å². The molecule has 0 aliphatic carbocycles. The van der Waals surface area contributed by atoms with E-state index in [9.17, 15) is 0 Å². The van der Waals surface area contributed by atoms with Crippen molar-refractivity contribution in [3.05, 3.63) is 57.7 Å². The molecular weight excluding hydrogens is 294 g/mol. The lowest BCUT2D eigenvalue weighted by atomic mass is 9.93. The standard InChI is InChI=1S/C19H24ClNO/c1-12(2)16-10-17(21-19(11-16)22-5)9-13(3)15-6-7-18(20)14(4)8-15/h6-8,10-13H,9H2,1-5H3. The molecule has 0 aliphatic heterocycles. The monoisotopic (exact) mass is 317 g/mol. The zero-order valence-corrected chi connectivity index (χ0v) is 14.7. The van der Waals surface area contributed by atoms with Crippen LogP contribution in [0.3, 0.4) is 0 Å². The Kier molecular flexibility index (Phi) is 5.47. The maximum absolute atomic E-state index is 6.11. The first-order chi connectivity index (χ1) is 10.4. The van der Waals surface area contributed by atoms with Gasteiger partial charge in [0.15, 0.2) is 0 Å². The molecule has 2 nitrogen and oxygen atoms in total. The van der Waals surface area contributed by atoms with E-state index in [0.717, 1.165) is 22.7 Å². The van der Waals surface area contributed by atoms with Gasteiger partial charge in [0.25, 0.3) is 0 Å². The zero-order chi connectivity index (χ0) is 16.3. The van der Waals surface area contributed by atoms with E-state index in [1.807, 2.05) is 19.1 Å². The summed E-state index contributed by atoms with van der Waals surface area (Å²) in [5.41, 5.74) is 4.74. The molecule has 0 N–H and O–H groups in total. The molecule has 0 fully saturated rings. The molecule has 1 heterocycles. The van der Waals surface area contributed by atoms with Crippen LogP contribution in [0.4, 0.5) is 0 Å². The number of pyridine rings is 1. The van der Waals surface area contributed by atoms with E-state index >= 15 is 0 Å². The molecule has 1 aromatic carbocycles. The third kappa shape index (κ3) is 4.01. The normalized spacial score (nSPS) is 12.5. The molecule has 2 aromatic rings. The summed E-state index contributed by atoms with van der Waals surface area (Å²) in [6, 6.07) is 10.4. The lowest BCUT2D eigenvalue weighted by molar-refractivity contribution is 0.395. The van der Waals surface area contributed by atoms with Crippen LogP contribution in [0.25, 0.3) is 0 Å². The summed E-state index contributed by atoms with van der Waals surface area (Å²) in [4.78, 5) is 4.59. The molecule has 2 rings (SSSR count). The molecule has 0 spiro atoms. The van der Waals surface area contributed by atoms with Crippen LogP contribution in [0.15, 0.2) is 30.3 Å². The number of aryl methyl sites for hydroxylation is 1. The van der Waals surface area contributed by atoms with Crippen LogP contribution in [0.1, 0.15) is 55.0 Å². The van der Waals surface area contributed by atoms with Crippen LogP contribution in [0, 0.1) is 6.92 Å². The average molecular weight is 318 g/mol. The van der Waals surface area contributed by atoms with E-state index in [-0.39, 0.29) is 0 Å². The van der Waals surface area contributed by atoms with Gasteiger partial charge >= 0.3 is 0 Å². The van der Waals surface area contributed by atoms with Crippen molar-refractivity contribution in [3.8, 4) is 5.88 Å². The Morgan fingerprint density at radius 3 is 2.41 bits per heavy atom. The highest BCUT2D eigenvalue weighted by molar-refractivity contribution is 6.31. The van der Waals surface area contributed by atoms with Gasteiger partial charge in [-0.25, -0.2) is 4.98 Å². The van der Waals surface area contributed by atoms with Gasteiger partial charge in [-0.2, -0.15) is 0 Å². The number of hydrogen-bond donors (Lipinski definition) is 0. The van der Waals surface area contributed by atoms with E-state index < -0.39 is 0 Å². The third-order valence-electron chi connectivity index (χ3n) is 4.02. The Bertz CT molecular complexity index is 652. The number of halogens is 1. The zero-order valence-electron chi connectivity index (χ0n) is 14.0. The van der Waals surface area contributed by atoms with Gasteiger partial charge in [0, 0.05) is 16.8 Å². The van der Waals surface area contributed by atoms with Gasteiger partial charge in [-0.3, -0.25) is 0 Å². The second-order valence-corrected chi connectivity index (χ2v) is 6.61. The summed E-state index contributed by atoms with van der Waals surface area (Å²) in [5.74, 6) is 1.54. The molecule has 0 saturated heterocycles. The predicted octanol–water partition coefficient (Wildman–Crippen LogP) is 5.52. The topological polar surface area (TPSA) is 22.1 Å². The van der Waals surface area contributed by atoms with Crippen molar-refractivity contribution in [1.29, 1.82) is 0 Å². The Labute approximate surface area is 138 Å². The van der Waals surface area contributed by atoms with E-state index in [2.05, 4.69) is 44.0 Å². The lowest BCUT2D eigenvalue weighted by Gasteiger charge is -2.15. The largest absolute Gasteiger partial charge is 0.481 e. The summed E-state index contributed by atoms with van der Waals surface area (Å²) < 4.78 is 5.34. The van der Waals surface area contributed by atoms with E-state index in [4.69, 9.17) is 16.3 Å². The lowest BCUT2D eigenvalue weighted by Crippen LogP contribution is -2.04. The molecule has 1 aromatic heterocycles. The molecule has 118 valence electrons.